The number of nitrogen functional groups attached to an aromatic ring is 1. The van der Waals surface area contributed by atoms with Gasteiger partial charge in [0.25, 0.3) is 0 Å². The van der Waals surface area contributed by atoms with Crippen LogP contribution in [0.4, 0.5) is 5.69 Å². The predicted octanol–water partition coefficient (Wildman–Crippen LogP) is 3.70. The highest BCUT2D eigenvalue weighted by molar-refractivity contribution is 6.33. The number of nitrogens with two attached hydrogens (primary N) is 1. The smallest absolute Gasteiger partial charge is 0.194 e. The van der Waals surface area contributed by atoms with Gasteiger partial charge in [-0.3, -0.25) is 9.78 Å². The quantitative estimate of drug-likeness (QED) is 0.576. The number of para-hydroxylation sites is 1. The van der Waals surface area contributed by atoms with Crippen LogP contribution in [0, 0.1) is 0 Å². The molecule has 3 rings (SSSR count). The normalized spacial score (nSPS) is 10.7. The van der Waals surface area contributed by atoms with Crippen LogP contribution in [-0.4, -0.2) is 10.8 Å². The van der Waals surface area contributed by atoms with E-state index >= 15 is 0 Å². The zero-order valence-corrected chi connectivity index (χ0v) is 11.3. The van der Waals surface area contributed by atoms with E-state index in [4.69, 9.17) is 17.3 Å². The van der Waals surface area contributed by atoms with E-state index in [0.29, 0.717) is 21.8 Å². The van der Waals surface area contributed by atoms with E-state index in [1.54, 1.807) is 24.4 Å². The van der Waals surface area contributed by atoms with Gasteiger partial charge in [0, 0.05) is 22.7 Å². The van der Waals surface area contributed by atoms with Gasteiger partial charge in [0.1, 0.15) is 0 Å². The number of benzene rings is 2. The monoisotopic (exact) mass is 282 g/mol. The lowest BCUT2D eigenvalue weighted by Gasteiger charge is -2.04. The first kappa shape index (κ1) is 12.6. The highest BCUT2D eigenvalue weighted by atomic mass is 35.5. The zero-order valence-electron chi connectivity index (χ0n) is 10.5. The molecule has 0 atom stereocenters. The molecule has 2 aromatic carbocycles. The lowest BCUT2D eigenvalue weighted by Crippen LogP contribution is -2.02. The summed E-state index contributed by atoms with van der Waals surface area (Å²) in [6.45, 7) is 0. The van der Waals surface area contributed by atoms with Crippen LogP contribution in [0.5, 0.6) is 0 Å². The average Bonchev–Trinajstić information content (AvgIpc) is 2.49. The minimum atomic E-state index is -0.120. The summed E-state index contributed by atoms with van der Waals surface area (Å²) in [6.07, 6.45) is 1.58. The van der Waals surface area contributed by atoms with E-state index in [0.717, 1.165) is 10.9 Å². The van der Waals surface area contributed by atoms with Crippen molar-refractivity contribution < 1.29 is 4.79 Å². The molecule has 0 saturated heterocycles. The SMILES string of the molecule is Nc1ccc(C(=O)c2cnc3ccccc3c2)cc1Cl. The van der Waals surface area contributed by atoms with Crippen molar-refractivity contribution in [2.24, 2.45) is 0 Å². The first-order chi connectivity index (χ1) is 9.65. The van der Waals surface area contributed by atoms with Gasteiger partial charge >= 0.3 is 0 Å². The molecule has 0 bridgehead atoms. The van der Waals surface area contributed by atoms with Crippen LogP contribution in [0.1, 0.15) is 15.9 Å². The summed E-state index contributed by atoms with van der Waals surface area (Å²) >= 11 is 5.95. The second-order valence-electron chi connectivity index (χ2n) is 4.48. The molecule has 20 heavy (non-hydrogen) atoms. The third-order valence-electron chi connectivity index (χ3n) is 3.12. The number of hydrogen-bond acceptors (Lipinski definition) is 3. The van der Waals surface area contributed by atoms with Gasteiger partial charge in [0.2, 0.25) is 0 Å². The third-order valence-corrected chi connectivity index (χ3v) is 3.44. The second-order valence-corrected chi connectivity index (χ2v) is 4.89. The molecule has 1 aromatic heterocycles. The Bertz CT molecular complexity index is 814. The fourth-order valence-electron chi connectivity index (χ4n) is 2.03. The zero-order chi connectivity index (χ0) is 14.1. The molecule has 2 N–H and O–H groups in total. The van der Waals surface area contributed by atoms with Crippen molar-refractivity contribution in [1.29, 1.82) is 0 Å². The van der Waals surface area contributed by atoms with Gasteiger partial charge in [-0.2, -0.15) is 0 Å². The topological polar surface area (TPSA) is 56.0 Å². The molecule has 1 heterocycles. The third kappa shape index (κ3) is 2.24. The van der Waals surface area contributed by atoms with Gasteiger partial charge in [0.05, 0.1) is 16.2 Å². The van der Waals surface area contributed by atoms with Crippen LogP contribution < -0.4 is 5.73 Å². The molecule has 98 valence electrons. The van der Waals surface area contributed by atoms with Crippen molar-refractivity contribution in [2.45, 2.75) is 0 Å². The second kappa shape index (κ2) is 4.94. The van der Waals surface area contributed by atoms with Crippen LogP contribution in [0.25, 0.3) is 10.9 Å². The van der Waals surface area contributed by atoms with E-state index in [-0.39, 0.29) is 5.78 Å². The maximum absolute atomic E-state index is 12.4. The lowest BCUT2D eigenvalue weighted by molar-refractivity contribution is 0.103. The van der Waals surface area contributed by atoms with Gasteiger partial charge < -0.3 is 5.73 Å². The fourth-order valence-corrected chi connectivity index (χ4v) is 2.21. The highest BCUT2D eigenvalue weighted by Gasteiger charge is 2.11. The van der Waals surface area contributed by atoms with Gasteiger partial charge in [-0.25, -0.2) is 0 Å². The van der Waals surface area contributed by atoms with Crippen molar-refractivity contribution in [3.05, 3.63) is 70.9 Å². The van der Waals surface area contributed by atoms with E-state index < -0.39 is 0 Å². The summed E-state index contributed by atoms with van der Waals surface area (Å²) in [5.74, 6) is -0.120. The molecule has 4 heteroatoms. The minimum absolute atomic E-state index is 0.120. The highest BCUT2D eigenvalue weighted by Crippen LogP contribution is 2.22. The molecule has 0 radical (unpaired) electrons. The summed E-state index contributed by atoms with van der Waals surface area (Å²) in [5.41, 5.74) is 8.00. The molecule has 0 fully saturated rings. The van der Waals surface area contributed by atoms with E-state index in [1.165, 1.54) is 0 Å². The number of pyridine rings is 1. The minimum Gasteiger partial charge on any atom is -0.398 e. The number of anilines is 1. The Balaban J connectivity index is 2.05. The van der Waals surface area contributed by atoms with Gasteiger partial charge in [-0.15, -0.1) is 0 Å². The number of fused-ring (bicyclic) bond motifs is 1. The molecule has 3 aromatic rings. The average molecular weight is 283 g/mol. The molecule has 0 unspecified atom stereocenters. The van der Waals surface area contributed by atoms with Crippen LogP contribution in [0.2, 0.25) is 5.02 Å². The number of carbonyl (C=O) groups excluding carboxylic acids is 1. The Kier molecular flexibility index (Phi) is 3.12. The molecule has 0 amide bonds. The lowest BCUT2D eigenvalue weighted by atomic mass is 10.0. The van der Waals surface area contributed by atoms with Crippen LogP contribution in [-0.2, 0) is 0 Å². The molecule has 0 aliphatic carbocycles. The maximum atomic E-state index is 12.4. The number of nitrogens with zero attached hydrogens (tertiary/aromatic N) is 1. The van der Waals surface area contributed by atoms with Crippen LogP contribution in [0.3, 0.4) is 0 Å². The number of rotatable bonds is 2. The first-order valence-electron chi connectivity index (χ1n) is 6.09. The van der Waals surface area contributed by atoms with Gasteiger partial charge in [0.15, 0.2) is 5.78 Å². The summed E-state index contributed by atoms with van der Waals surface area (Å²) < 4.78 is 0. The van der Waals surface area contributed by atoms with E-state index in [9.17, 15) is 4.79 Å². The van der Waals surface area contributed by atoms with Crippen molar-refractivity contribution in [1.82, 2.24) is 4.98 Å². The fraction of sp³-hybridized carbons (Fsp3) is 0. The number of carbonyl (C=O) groups is 1. The molecular weight excluding hydrogens is 272 g/mol. The van der Waals surface area contributed by atoms with Crippen LogP contribution >= 0.6 is 11.6 Å². The Morgan fingerprint density at radius 3 is 2.65 bits per heavy atom. The van der Waals surface area contributed by atoms with Crippen molar-refractivity contribution in [3.8, 4) is 0 Å². The van der Waals surface area contributed by atoms with Crippen molar-refractivity contribution >= 4 is 34.0 Å². The Hall–Kier alpha value is -2.39. The number of ketones is 1. The Labute approximate surface area is 121 Å². The number of halogens is 1. The molecular formula is C16H11ClN2O. The van der Waals surface area contributed by atoms with Gasteiger partial charge in [-0.1, -0.05) is 29.8 Å². The Morgan fingerprint density at radius 2 is 1.85 bits per heavy atom. The van der Waals surface area contributed by atoms with Crippen molar-refractivity contribution in [2.75, 3.05) is 5.73 Å². The van der Waals surface area contributed by atoms with Crippen molar-refractivity contribution in [3.63, 3.8) is 0 Å². The standard InChI is InChI=1S/C16H11ClN2O/c17-13-8-11(5-6-14(13)18)16(20)12-7-10-3-1-2-4-15(10)19-9-12/h1-9H,18H2. The van der Waals surface area contributed by atoms with E-state index in [2.05, 4.69) is 4.98 Å². The summed E-state index contributed by atoms with van der Waals surface area (Å²) in [6, 6.07) is 14.4. The summed E-state index contributed by atoms with van der Waals surface area (Å²) in [4.78, 5) is 16.7. The molecule has 0 aliphatic heterocycles. The predicted molar refractivity (Wildman–Crippen MR) is 81.0 cm³/mol. The largest absolute Gasteiger partial charge is 0.398 e. The van der Waals surface area contributed by atoms with Gasteiger partial charge in [-0.05, 0) is 30.3 Å². The number of aromatic nitrogens is 1. The number of hydrogen-bond donors (Lipinski definition) is 1. The molecule has 3 nitrogen and oxygen atoms in total. The van der Waals surface area contributed by atoms with E-state index in [1.807, 2.05) is 30.3 Å². The molecule has 0 saturated carbocycles. The summed E-state index contributed by atoms with van der Waals surface area (Å²) in [7, 11) is 0. The maximum Gasteiger partial charge on any atom is 0.194 e. The Morgan fingerprint density at radius 1 is 1.05 bits per heavy atom. The first-order valence-corrected chi connectivity index (χ1v) is 6.47. The molecule has 0 spiro atoms. The van der Waals surface area contributed by atoms with Crippen LogP contribution in [0.15, 0.2) is 54.7 Å². The summed E-state index contributed by atoms with van der Waals surface area (Å²) in [5, 5.41) is 1.31. The molecule has 0 aliphatic rings.